The van der Waals surface area contributed by atoms with E-state index in [1.54, 1.807) is 0 Å². The second-order valence-corrected chi connectivity index (χ2v) is 1.05. The highest BCUT2D eigenvalue weighted by Crippen LogP contribution is 1.64. The lowest BCUT2D eigenvalue weighted by Gasteiger charge is -1.75. The van der Waals surface area contributed by atoms with Gasteiger partial charge in [-0.25, -0.2) is 0 Å². The van der Waals surface area contributed by atoms with Crippen molar-refractivity contribution in [3.8, 4) is 0 Å². The highest BCUT2D eigenvalue weighted by atomic mass is 16.3. The van der Waals surface area contributed by atoms with Crippen LogP contribution < -0.4 is 5.55 Å². The fraction of sp³-hybridized carbons (Fsp3) is 0. The first-order valence-corrected chi connectivity index (χ1v) is 1.83. The molecular formula is C4H4N2O. The minimum absolute atomic E-state index is 0.0856. The van der Waals surface area contributed by atoms with Crippen LogP contribution in [0.15, 0.2) is 23.1 Å². The molecule has 1 N–H and O–H groups in total. The van der Waals surface area contributed by atoms with Gasteiger partial charge < -0.3 is 4.42 Å². The fourth-order valence-electron chi connectivity index (χ4n) is 0.280. The monoisotopic (exact) mass is 96.0 g/mol. The van der Waals surface area contributed by atoms with Crippen molar-refractivity contribution in [2.45, 2.75) is 0 Å². The third-order valence-corrected chi connectivity index (χ3v) is 0.534. The largest absolute Gasteiger partial charge is 0.444 e. The zero-order valence-corrected chi connectivity index (χ0v) is 3.59. The highest BCUT2D eigenvalue weighted by Gasteiger charge is 1.69. The average molecular weight is 96.1 g/mol. The number of nitrogens with zero attached hydrogens (tertiary/aromatic N) is 1. The molecule has 0 aliphatic rings. The molecule has 0 atom stereocenters. The molecule has 0 saturated carbocycles. The highest BCUT2D eigenvalue weighted by molar-refractivity contribution is 4.63. The van der Waals surface area contributed by atoms with Gasteiger partial charge in [0.2, 0.25) is 5.55 Å². The Morgan fingerprint density at radius 1 is 1.71 bits per heavy atom. The molecule has 36 valence electrons. The van der Waals surface area contributed by atoms with Crippen molar-refractivity contribution in [2.24, 2.45) is 0 Å². The van der Waals surface area contributed by atoms with Crippen LogP contribution in [0.25, 0.3) is 0 Å². The Kier molecular flexibility index (Phi) is 0.898. The number of rotatable bonds is 0. The van der Waals surface area contributed by atoms with Crippen LogP contribution >= 0.6 is 0 Å². The SMILES string of the molecule is N=c1cncco1. The summed E-state index contributed by atoms with van der Waals surface area (Å²) in [6, 6.07) is 0. The molecule has 0 radical (unpaired) electrons. The van der Waals surface area contributed by atoms with E-state index in [9.17, 15) is 0 Å². The Morgan fingerprint density at radius 2 is 2.57 bits per heavy atom. The van der Waals surface area contributed by atoms with E-state index in [4.69, 9.17) is 5.41 Å². The third-order valence-electron chi connectivity index (χ3n) is 0.534. The van der Waals surface area contributed by atoms with E-state index in [-0.39, 0.29) is 5.55 Å². The molecule has 0 saturated heterocycles. The summed E-state index contributed by atoms with van der Waals surface area (Å²) in [4.78, 5) is 3.60. The molecule has 3 nitrogen and oxygen atoms in total. The maximum atomic E-state index is 6.77. The quantitative estimate of drug-likeness (QED) is 0.500. The van der Waals surface area contributed by atoms with Gasteiger partial charge >= 0.3 is 0 Å². The van der Waals surface area contributed by atoms with Gasteiger partial charge in [0.05, 0.1) is 12.4 Å². The van der Waals surface area contributed by atoms with Crippen molar-refractivity contribution in [3.05, 3.63) is 24.2 Å². The topological polar surface area (TPSA) is 49.9 Å². The lowest BCUT2D eigenvalue weighted by atomic mass is 10.8. The van der Waals surface area contributed by atoms with Crippen LogP contribution in [0.2, 0.25) is 0 Å². The second kappa shape index (κ2) is 1.55. The molecule has 0 aliphatic heterocycles. The Labute approximate surface area is 40.1 Å². The summed E-state index contributed by atoms with van der Waals surface area (Å²) in [6.45, 7) is 0. The van der Waals surface area contributed by atoms with Crippen LogP contribution in [0, 0.1) is 5.41 Å². The van der Waals surface area contributed by atoms with Gasteiger partial charge in [0.25, 0.3) is 0 Å². The van der Waals surface area contributed by atoms with Crippen molar-refractivity contribution in [2.75, 3.05) is 0 Å². The first-order valence-electron chi connectivity index (χ1n) is 1.83. The summed E-state index contributed by atoms with van der Waals surface area (Å²) in [6.07, 6.45) is 4.18. The maximum Gasteiger partial charge on any atom is 0.229 e. The molecule has 0 aliphatic carbocycles. The van der Waals surface area contributed by atoms with Gasteiger partial charge in [-0.2, -0.15) is 0 Å². The third kappa shape index (κ3) is 0.855. The molecule has 0 spiro atoms. The zero-order chi connectivity index (χ0) is 5.11. The van der Waals surface area contributed by atoms with E-state index in [0.29, 0.717) is 0 Å². The first-order chi connectivity index (χ1) is 3.39. The predicted octanol–water partition coefficient (Wildman–Crippen LogP) is 0.154. The van der Waals surface area contributed by atoms with Crippen molar-refractivity contribution < 1.29 is 4.42 Å². The average Bonchev–Trinajstić information content (AvgIpc) is 1.69. The molecule has 1 rings (SSSR count). The van der Waals surface area contributed by atoms with E-state index >= 15 is 0 Å². The van der Waals surface area contributed by atoms with Crippen molar-refractivity contribution in [1.29, 1.82) is 5.41 Å². The van der Waals surface area contributed by atoms with Crippen molar-refractivity contribution in [1.82, 2.24) is 4.98 Å². The number of nitrogens with one attached hydrogen (secondary N) is 1. The fourth-order valence-corrected chi connectivity index (χ4v) is 0.280. The molecule has 0 unspecified atom stereocenters. The maximum absolute atomic E-state index is 6.77. The second-order valence-electron chi connectivity index (χ2n) is 1.05. The molecule has 1 aromatic heterocycles. The van der Waals surface area contributed by atoms with E-state index in [1.165, 1.54) is 18.7 Å². The van der Waals surface area contributed by atoms with Gasteiger partial charge in [0, 0.05) is 0 Å². The number of hydrogen-bond donors (Lipinski definition) is 1. The van der Waals surface area contributed by atoms with E-state index in [1.807, 2.05) is 0 Å². The van der Waals surface area contributed by atoms with Gasteiger partial charge in [-0.15, -0.1) is 0 Å². The summed E-state index contributed by atoms with van der Waals surface area (Å²) < 4.78 is 4.53. The molecule has 0 fully saturated rings. The minimum Gasteiger partial charge on any atom is -0.444 e. The molecule has 0 bridgehead atoms. The van der Waals surface area contributed by atoms with Gasteiger partial charge in [-0.3, -0.25) is 10.4 Å². The van der Waals surface area contributed by atoms with Crippen LogP contribution in [-0.2, 0) is 0 Å². The molecule has 3 heteroatoms. The Hall–Kier alpha value is -1.12. The molecule has 0 aromatic carbocycles. The standard InChI is InChI=1S/C4H4N2O/c5-4-3-6-1-2-7-4/h1-3,5H. The van der Waals surface area contributed by atoms with Crippen LogP contribution in [0.3, 0.4) is 0 Å². The summed E-state index contributed by atoms with van der Waals surface area (Å²) >= 11 is 0. The normalized spacial score (nSPS) is 8.57. The minimum atomic E-state index is 0.0856. The van der Waals surface area contributed by atoms with Crippen LogP contribution in [-0.4, -0.2) is 4.98 Å². The van der Waals surface area contributed by atoms with Crippen LogP contribution in [0.5, 0.6) is 0 Å². The summed E-state index contributed by atoms with van der Waals surface area (Å²) in [7, 11) is 0. The Bertz CT molecular complexity index is 175. The number of aromatic nitrogens is 1. The van der Waals surface area contributed by atoms with Crippen LogP contribution in [0.4, 0.5) is 0 Å². The summed E-state index contributed by atoms with van der Waals surface area (Å²) in [5, 5.41) is 6.77. The van der Waals surface area contributed by atoms with Crippen LogP contribution in [0.1, 0.15) is 0 Å². The zero-order valence-electron chi connectivity index (χ0n) is 3.59. The number of hydrogen-bond acceptors (Lipinski definition) is 3. The smallest absolute Gasteiger partial charge is 0.229 e. The molecule has 1 aromatic rings. The Balaban J connectivity index is 3.28. The summed E-state index contributed by atoms with van der Waals surface area (Å²) in [5.74, 6) is 0. The molecule has 7 heavy (non-hydrogen) atoms. The Morgan fingerprint density at radius 3 is 2.86 bits per heavy atom. The van der Waals surface area contributed by atoms with Gasteiger partial charge in [0.1, 0.15) is 6.26 Å². The molecule has 0 amide bonds. The van der Waals surface area contributed by atoms with Crippen molar-refractivity contribution >= 4 is 0 Å². The van der Waals surface area contributed by atoms with Gasteiger partial charge in [-0.05, 0) is 0 Å². The summed E-state index contributed by atoms with van der Waals surface area (Å²) in [5.41, 5.74) is 0.0856. The van der Waals surface area contributed by atoms with Crippen molar-refractivity contribution in [3.63, 3.8) is 0 Å². The van der Waals surface area contributed by atoms with Gasteiger partial charge in [0.15, 0.2) is 0 Å². The van der Waals surface area contributed by atoms with E-state index in [2.05, 4.69) is 9.40 Å². The first kappa shape index (κ1) is 4.05. The predicted molar refractivity (Wildman–Crippen MR) is 22.4 cm³/mol. The van der Waals surface area contributed by atoms with E-state index in [0.717, 1.165) is 0 Å². The van der Waals surface area contributed by atoms with Gasteiger partial charge in [-0.1, -0.05) is 0 Å². The van der Waals surface area contributed by atoms with E-state index < -0.39 is 0 Å². The lowest BCUT2D eigenvalue weighted by molar-refractivity contribution is 0.478. The molecule has 1 heterocycles. The lowest BCUT2D eigenvalue weighted by Crippen LogP contribution is -1.94. The molecular weight excluding hydrogens is 92.1 g/mol.